The molecule has 0 aliphatic carbocycles. The number of carbonyl (C=O) groups is 1. The number of sulfonamides is 1. The Morgan fingerprint density at radius 2 is 1.53 bits per heavy atom. The lowest BCUT2D eigenvalue weighted by atomic mass is 9.88. The Balaban J connectivity index is 1.45. The molecule has 0 unspecified atom stereocenters. The van der Waals surface area contributed by atoms with E-state index in [1.807, 2.05) is 36.4 Å². The fourth-order valence-electron chi connectivity index (χ4n) is 4.30. The maximum atomic E-state index is 12.8. The normalized spacial score (nSPS) is 14.7. The average Bonchev–Trinajstić information content (AvgIpc) is 3.49. The Morgan fingerprint density at radius 1 is 0.969 bits per heavy atom. The zero-order valence-corrected chi connectivity index (χ0v) is 19.1. The van der Waals surface area contributed by atoms with Crippen molar-refractivity contribution in [1.29, 1.82) is 0 Å². The van der Waals surface area contributed by atoms with Crippen LogP contribution in [0.3, 0.4) is 0 Å². The van der Waals surface area contributed by atoms with Crippen molar-refractivity contribution in [2.45, 2.75) is 30.1 Å². The summed E-state index contributed by atoms with van der Waals surface area (Å²) in [6, 6.07) is 22.0. The van der Waals surface area contributed by atoms with Gasteiger partial charge in [0, 0.05) is 38.8 Å². The molecular formula is C25H29N3O3S. The van der Waals surface area contributed by atoms with Crippen molar-refractivity contribution in [3.63, 3.8) is 0 Å². The van der Waals surface area contributed by atoms with Gasteiger partial charge in [0.1, 0.15) is 10.6 Å². The van der Waals surface area contributed by atoms with Crippen LogP contribution >= 0.6 is 0 Å². The molecule has 6 nitrogen and oxygen atoms in total. The van der Waals surface area contributed by atoms with Crippen LogP contribution in [0.15, 0.2) is 77.8 Å². The maximum absolute atomic E-state index is 12.8. The average molecular weight is 452 g/mol. The van der Waals surface area contributed by atoms with Crippen LogP contribution < -0.4 is 5.32 Å². The molecule has 1 amide bonds. The highest BCUT2D eigenvalue weighted by Crippen LogP contribution is 2.27. The van der Waals surface area contributed by atoms with Gasteiger partial charge in [-0.1, -0.05) is 60.7 Å². The van der Waals surface area contributed by atoms with E-state index in [9.17, 15) is 13.2 Å². The van der Waals surface area contributed by atoms with E-state index >= 15 is 0 Å². The van der Waals surface area contributed by atoms with Crippen LogP contribution in [0, 0.1) is 0 Å². The van der Waals surface area contributed by atoms with Crippen molar-refractivity contribution >= 4 is 15.9 Å². The predicted octanol–water partition coefficient (Wildman–Crippen LogP) is 3.76. The fraction of sp³-hybridized carbons (Fsp3) is 0.320. The first-order valence-electron chi connectivity index (χ1n) is 11.0. The molecule has 3 aromatic rings. The van der Waals surface area contributed by atoms with Crippen molar-refractivity contribution in [3.05, 3.63) is 89.7 Å². The summed E-state index contributed by atoms with van der Waals surface area (Å²) in [7, 11) is -1.84. The zero-order valence-electron chi connectivity index (χ0n) is 18.3. The number of nitrogens with one attached hydrogen (secondary N) is 1. The van der Waals surface area contributed by atoms with Gasteiger partial charge in [-0.15, -0.1) is 0 Å². The van der Waals surface area contributed by atoms with Gasteiger partial charge < -0.3 is 9.88 Å². The number of aromatic nitrogens is 1. The summed E-state index contributed by atoms with van der Waals surface area (Å²) in [5.41, 5.74) is 2.75. The first-order chi connectivity index (χ1) is 15.5. The molecule has 4 rings (SSSR count). The van der Waals surface area contributed by atoms with Gasteiger partial charge in [0.25, 0.3) is 5.91 Å². The van der Waals surface area contributed by atoms with E-state index in [-0.39, 0.29) is 16.7 Å². The third-order valence-electron chi connectivity index (χ3n) is 6.04. The summed E-state index contributed by atoms with van der Waals surface area (Å²) in [5.74, 6) is -0.104. The first kappa shape index (κ1) is 22.3. The molecule has 0 saturated carbocycles. The second kappa shape index (κ2) is 9.71. The van der Waals surface area contributed by atoms with Crippen molar-refractivity contribution in [1.82, 2.24) is 14.2 Å². The summed E-state index contributed by atoms with van der Waals surface area (Å²) in [6.45, 7) is 1.56. The first-order valence-corrected chi connectivity index (χ1v) is 12.5. The smallest absolute Gasteiger partial charge is 0.267 e. The Morgan fingerprint density at radius 3 is 2.09 bits per heavy atom. The Kier molecular flexibility index (Phi) is 6.77. The van der Waals surface area contributed by atoms with Gasteiger partial charge in [0.2, 0.25) is 10.0 Å². The van der Waals surface area contributed by atoms with Crippen molar-refractivity contribution in [2.75, 3.05) is 19.6 Å². The molecule has 1 N–H and O–H groups in total. The Bertz CT molecular complexity index is 1110. The van der Waals surface area contributed by atoms with E-state index in [2.05, 4.69) is 29.6 Å². The molecule has 1 aromatic heterocycles. The van der Waals surface area contributed by atoms with E-state index in [0.29, 0.717) is 25.3 Å². The van der Waals surface area contributed by atoms with Crippen LogP contribution in [-0.2, 0) is 17.1 Å². The van der Waals surface area contributed by atoms with Crippen molar-refractivity contribution in [3.8, 4) is 0 Å². The van der Waals surface area contributed by atoms with E-state index in [1.54, 1.807) is 11.6 Å². The van der Waals surface area contributed by atoms with Gasteiger partial charge in [-0.05, 0) is 36.5 Å². The van der Waals surface area contributed by atoms with Gasteiger partial charge >= 0.3 is 0 Å². The molecule has 0 atom stereocenters. The summed E-state index contributed by atoms with van der Waals surface area (Å²) >= 11 is 0. The van der Waals surface area contributed by atoms with Gasteiger partial charge in [0.05, 0.1) is 0 Å². The molecule has 1 aliphatic rings. The van der Waals surface area contributed by atoms with Crippen LogP contribution in [-0.4, -0.2) is 42.8 Å². The number of hydrogen-bond donors (Lipinski definition) is 1. The lowest BCUT2D eigenvalue weighted by molar-refractivity contribution is 0.0944. The monoisotopic (exact) mass is 451 g/mol. The van der Waals surface area contributed by atoms with Gasteiger partial charge in [-0.25, -0.2) is 8.42 Å². The van der Waals surface area contributed by atoms with Crippen molar-refractivity contribution in [2.24, 2.45) is 7.05 Å². The molecule has 7 heteroatoms. The summed E-state index contributed by atoms with van der Waals surface area (Å²) in [5, 5.41) is 2.98. The quantitative estimate of drug-likeness (QED) is 0.567. The number of aryl methyl sites for hydroxylation is 1. The van der Waals surface area contributed by atoms with Gasteiger partial charge in [0.15, 0.2) is 0 Å². The molecule has 0 radical (unpaired) electrons. The minimum atomic E-state index is -3.55. The number of benzene rings is 2. The SMILES string of the molecule is Cn1cc(S(=O)(=O)N2CCCC2)cc1C(=O)NCCC(c1ccccc1)c1ccccc1. The third-order valence-corrected chi connectivity index (χ3v) is 7.90. The van der Waals surface area contributed by atoms with Crippen LogP contribution in [0.4, 0.5) is 0 Å². The van der Waals surface area contributed by atoms with Crippen molar-refractivity contribution < 1.29 is 13.2 Å². The molecule has 1 fully saturated rings. The highest BCUT2D eigenvalue weighted by molar-refractivity contribution is 7.89. The molecule has 0 bridgehead atoms. The van der Waals surface area contributed by atoms with E-state index in [4.69, 9.17) is 0 Å². The van der Waals surface area contributed by atoms with Gasteiger partial charge in [-0.2, -0.15) is 4.31 Å². The topological polar surface area (TPSA) is 71.4 Å². The molecule has 1 saturated heterocycles. The highest BCUT2D eigenvalue weighted by Gasteiger charge is 2.29. The largest absolute Gasteiger partial charge is 0.351 e. The fourth-order valence-corrected chi connectivity index (χ4v) is 5.88. The molecule has 2 heterocycles. The van der Waals surface area contributed by atoms with E-state index < -0.39 is 10.0 Å². The number of amides is 1. The molecule has 2 aromatic carbocycles. The van der Waals surface area contributed by atoms with Crippen LogP contribution in [0.25, 0.3) is 0 Å². The lowest BCUT2D eigenvalue weighted by Crippen LogP contribution is -2.28. The zero-order chi connectivity index (χ0) is 22.6. The summed E-state index contributed by atoms with van der Waals surface area (Å²) in [6.07, 6.45) is 4.02. The molecular weight excluding hydrogens is 422 g/mol. The Labute approximate surface area is 189 Å². The molecule has 1 aliphatic heterocycles. The standard InChI is InChI=1S/C25H29N3O3S/c1-27-19-22(32(30,31)28-16-8-9-17-28)18-24(27)25(29)26-15-14-23(20-10-4-2-5-11-20)21-12-6-3-7-13-21/h2-7,10-13,18-19,23H,8-9,14-17H2,1H3,(H,26,29). The molecule has 168 valence electrons. The number of hydrogen-bond acceptors (Lipinski definition) is 3. The third kappa shape index (κ3) is 4.79. The van der Waals surface area contributed by atoms with Gasteiger partial charge in [-0.3, -0.25) is 4.79 Å². The minimum Gasteiger partial charge on any atom is -0.351 e. The Hall–Kier alpha value is -2.90. The lowest BCUT2D eigenvalue weighted by Gasteiger charge is -2.18. The number of nitrogens with zero attached hydrogens (tertiary/aromatic N) is 2. The van der Waals surface area contributed by atoms with E-state index in [1.165, 1.54) is 27.7 Å². The van der Waals surface area contributed by atoms with Crippen LogP contribution in [0.2, 0.25) is 0 Å². The van der Waals surface area contributed by atoms with Crippen LogP contribution in [0.5, 0.6) is 0 Å². The minimum absolute atomic E-state index is 0.164. The predicted molar refractivity (Wildman–Crippen MR) is 125 cm³/mol. The summed E-state index contributed by atoms with van der Waals surface area (Å²) < 4.78 is 28.7. The highest BCUT2D eigenvalue weighted by atomic mass is 32.2. The number of carbonyl (C=O) groups excluding carboxylic acids is 1. The van der Waals surface area contributed by atoms with Crippen LogP contribution in [0.1, 0.15) is 46.8 Å². The second-order valence-corrected chi connectivity index (χ2v) is 10.1. The maximum Gasteiger partial charge on any atom is 0.267 e. The summed E-state index contributed by atoms with van der Waals surface area (Å²) in [4.78, 5) is 13.0. The molecule has 0 spiro atoms. The van der Waals surface area contributed by atoms with E-state index in [0.717, 1.165) is 19.3 Å². The number of rotatable bonds is 8. The molecule has 32 heavy (non-hydrogen) atoms. The second-order valence-electron chi connectivity index (χ2n) is 8.20.